The molecule has 0 nitrogen and oxygen atoms in total. The Hall–Kier alpha value is -1.77. The maximum Gasteiger partial charge on any atom is 0.416 e. The second kappa shape index (κ2) is 11.4. The first kappa shape index (κ1) is 24.9. The highest BCUT2D eigenvalue weighted by atomic mass is 19.4. The molecule has 3 rings (SSSR count). The Morgan fingerprint density at radius 3 is 1.78 bits per heavy atom. The summed E-state index contributed by atoms with van der Waals surface area (Å²) in [6.07, 6.45) is 6.58. The number of aryl methyl sites for hydroxylation is 3. The molecule has 0 spiro atoms. The Kier molecular flexibility index (Phi) is 8.85. The van der Waals surface area contributed by atoms with Crippen LogP contribution in [0.5, 0.6) is 0 Å². The molecule has 0 aromatic heterocycles. The predicted octanol–water partition coefficient (Wildman–Crippen LogP) is 8.91. The monoisotopic (exact) mass is 444 g/mol. The zero-order valence-electron chi connectivity index (χ0n) is 19.9. The van der Waals surface area contributed by atoms with E-state index < -0.39 is 11.7 Å². The van der Waals surface area contributed by atoms with Crippen LogP contribution in [0.1, 0.15) is 81.5 Å². The number of rotatable bonds is 9. The topological polar surface area (TPSA) is 0 Å². The third-order valence-electron chi connectivity index (χ3n) is 7.67. The average molecular weight is 445 g/mol. The van der Waals surface area contributed by atoms with Crippen molar-refractivity contribution in [1.29, 1.82) is 0 Å². The minimum absolute atomic E-state index is 0.581. The lowest BCUT2D eigenvalue weighted by molar-refractivity contribution is -0.137. The van der Waals surface area contributed by atoms with Crippen molar-refractivity contribution in [2.75, 3.05) is 0 Å². The van der Waals surface area contributed by atoms with Gasteiger partial charge in [0.2, 0.25) is 0 Å². The summed E-state index contributed by atoms with van der Waals surface area (Å²) in [4.78, 5) is 0. The number of hydrogen-bond donors (Lipinski definition) is 0. The van der Waals surface area contributed by atoms with E-state index in [2.05, 4.69) is 45.0 Å². The van der Waals surface area contributed by atoms with E-state index in [0.29, 0.717) is 0 Å². The number of hydrogen-bond acceptors (Lipinski definition) is 0. The summed E-state index contributed by atoms with van der Waals surface area (Å²) in [7, 11) is 0. The van der Waals surface area contributed by atoms with E-state index >= 15 is 0 Å². The molecule has 0 N–H and O–H groups in total. The fourth-order valence-corrected chi connectivity index (χ4v) is 5.46. The third kappa shape index (κ3) is 7.39. The Morgan fingerprint density at radius 2 is 1.22 bits per heavy atom. The van der Waals surface area contributed by atoms with Crippen LogP contribution < -0.4 is 0 Å². The zero-order valence-corrected chi connectivity index (χ0v) is 19.9. The van der Waals surface area contributed by atoms with Gasteiger partial charge in [0.15, 0.2) is 0 Å². The van der Waals surface area contributed by atoms with Crippen molar-refractivity contribution in [2.45, 2.75) is 84.7 Å². The molecule has 2 aromatic carbocycles. The SMILES string of the molecule is CC1CC(C)C(C)C(CCCCCc2ccc(CCc3ccc(C(F)(F)F)cc3)cc2)C1. The summed E-state index contributed by atoms with van der Waals surface area (Å²) >= 11 is 0. The van der Waals surface area contributed by atoms with Crippen LogP contribution in [0.25, 0.3) is 0 Å². The van der Waals surface area contributed by atoms with Gasteiger partial charge in [0, 0.05) is 0 Å². The molecule has 0 radical (unpaired) electrons. The highest BCUT2D eigenvalue weighted by Gasteiger charge is 2.30. The van der Waals surface area contributed by atoms with Crippen LogP contribution in [0.2, 0.25) is 0 Å². The van der Waals surface area contributed by atoms with Gasteiger partial charge in [-0.2, -0.15) is 13.2 Å². The second-order valence-corrected chi connectivity index (χ2v) is 10.3. The first-order valence-electron chi connectivity index (χ1n) is 12.5. The van der Waals surface area contributed by atoms with E-state index in [1.807, 2.05) is 0 Å². The van der Waals surface area contributed by atoms with Crippen molar-refractivity contribution < 1.29 is 13.2 Å². The van der Waals surface area contributed by atoms with E-state index in [1.54, 1.807) is 12.1 Å². The largest absolute Gasteiger partial charge is 0.416 e. The lowest BCUT2D eigenvalue weighted by Gasteiger charge is -2.38. The van der Waals surface area contributed by atoms with Crippen LogP contribution in [0.4, 0.5) is 13.2 Å². The van der Waals surface area contributed by atoms with Crippen molar-refractivity contribution >= 4 is 0 Å². The summed E-state index contributed by atoms with van der Waals surface area (Å²) in [5.74, 6) is 3.56. The summed E-state index contributed by atoms with van der Waals surface area (Å²) < 4.78 is 38.0. The Morgan fingerprint density at radius 1 is 0.688 bits per heavy atom. The van der Waals surface area contributed by atoms with Gasteiger partial charge in [0.25, 0.3) is 0 Å². The molecule has 0 saturated heterocycles. The van der Waals surface area contributed by atoms with Gasteiger partial charge in [-0.05, 0) is 91.0 Å². The smallest absolute Gasteiger partial charge is 0.166 e. The molecular weight excluding hydrogens is 405 g/mol. The van der Waals surface area contributed by atoms with Gasteiger partial charge in [-0.15, -0.1) is 0 Å². The number of halogens is 3. The lowest BCUT2D eigenvalue weighted by atomic mass is 9.68. The molecule has 0 amide bonds. The Balaban J connectivity index is 1.35. The number of benzene rings is 2. The van der Waals surface area contributed by atoms with E-state index in [0.717, 1.165) is 48.5 Å². The molecular formula is C29H39F3. The second-order valence-electron chi connectivity index (χ2n) is 10.3. The van der Waals surface area contributed by atoms with E-state index in [4.69, 9.17) is 0 Å². The summed E-state index contributed by atoms with van der Waals surface area (Å²) in [6, 6.07) is 14.3. The average Bonchev–Trinajstić information content (AvgIpc) is 2.75. The van der Waals surface area contributed by atoms with Crippen LogP contribution in [0, 0.1) is 23.7 Å². The third-order valence-corrected chi connectivity index (χ3v) is 7.67. The molecule has 32 heavy (non-hydrogen) atoms. The Labute approximate surface area is 192 Å². The van der Waals surface area contributed by atoms with Gasteiger partial charge in [-0.1, -0.05) is 76.4 Å². The lowest BCUT2D eigenvalue weighted by Crippen LogP contribution is -2.28. The number of alkyl halides is 3. The van der Waals surface area contributed by atoms with Crippen molar-refractivity contribution in [3.8, 4) is 0 Å². The first-order valence-corrected chi connectivity index (χ1v) is 12.5. The standard InChI is InChI=1S/C29H39F3/c1-21-19-22(2)23(3)27(20-21)8-6-4-5-7-24-9-11-25(12-10-24)13-14-26-15-17-28(18-16-26)29(30,31)32/h9-12,15-18,21-23,27H,4-8,13-14,19-20H2,1-3H3. The molecule has 1 saturated carbocycles. The molecule has 1 aliphatic rings. The van der Waals surface area contributed by atoms with Crippen molar-refractivity contribution in [3.05, 3.63) is 70.8 Å². The van der Waals surface area contributed by atoms with E-state index in [-0.39, 0.29) is 0 Å². The van der Waals surface area contributed by atoms with Crippen LogP contribution in [0.15, 0.2) is 48.5 Å². The summed E-state index contributed by atoms with van der Waals surface area (Å²) in [5.41, 5.74) is 2.99. The van der Waals surface area contributed by atoms with Crippen LogP contribution in [0.3, 0.4) is 0 Å². The predicted molar refractivity (Wildman–Crippen MR) is 128 cm³/mol. The van der Waals surface area contributed by atoms with E-state index in [1.165, 1.54) is 61.8 Å². The number of unbranched alkanes of at least 4 members (excludes halogenated alkanes) is 2. The fraction of sp³-hybridized carbons (Fsp3) is 0.586. The Bertz CT molecular complexity index is 804. The van der Waals surface area contributed by atoms with Gasteiger partial charge >= 0.3 is 6.18 Å². The van der Waals surface area contributed by atoms with Gasteiger partial charge in [0.05, 0.1) is 5.56 Å². The molecule has 0 bridgehead atoms. The highest BCUT2D eigenvalue weighted by Crippen LogP contribution is 2.40. The zero-order chi connectivity index (χ0) is 23.1. The van der Waals surface area contributed by atoms with Crippen molar-refractivity contribution in [1.82, 2.24) is 0 Å². The van der Waals surface area contributed by atoms with Gasteiger partial charge < -0.3 is 0 Å². The molecule has 4 atom stereocenters. The molecule has 0 aliphatic heterocycles. The molecule has 2 aromatic rings. The highest BCUT2D eigenvalue weighted by molar-refractivity contribution is 5.27. The quantitative estimate of drug-likeness (QED) is 0.339. The minimum Gasteiger partial charge on any atom is -0.166 e. The van der Waals surface area contributed by atoms with Crippen LogP contribution in [-0.2, 0) is 25.4 Å². The van der Waals surface area contributed by atoms with Gasteiger partial charge in [-0.25, -0.2) is 0 Å². The van der Waals surface area contributed by atoms with Crippen LogP contribution in [-0.4, -0.2) is 0 Å². The maximum atomic E-state index is 12.7. The van der Waals surface area contributed by atoms with Crippen LogP contribution >= 0.6 is 0 Å². The minimum atomic E-state index is -4.26. The van der Waals surface area contributed by atoms with Gasteiger partial charge in [0.1, 0.15) is 0 Å². The maximum absolute atomic E-state index is 12.7. The molecule has 176 valence electrons. The van der Waals surface area contributed by atoms with Crippen molar-refractivity contribution in [3.63, 3.8) is 0 Å². The molecule has 4 unspecified atom stereocenters. The normalized spacial score (nSPS) is 23.9. The molecule has 3 heteroatoms. The fourth-order valence-electron chi connectivity index (χ4n) is 5.46. The first-order chi connectivity index (χ1) is 15.2. The molecule has 1 aliphatic carbocycles. The van der Waals surface area contributed by atoms with Gasteiger partial charge in [-0.3, -0.25) is 0 Å². The van der Waals surface area contributed by atoms with Crippen molar-refractivity contribution in [2.24, 2.45) is 23.7 Å². The summed E-state index contributed by atoms with van der Waals surface area (Å²) in [5, 5.41) is 0. The molecule has 1 fully saturated rings. The molecule has 0 heterocycles. The summed E-state index contributed by atoms with van der Waals surface area (Å²) in [6.45, 7) is 7.31. The van der Waals surface area contributed by atoms with E-state index in [9.17, 15) is 13.2 Å².